The summed E-state index contributed by atoms with van der Waals surface area (Å²) in [5.41, 5.74) is 5.47. The van der Waals surface area contributed by atoms with Crippen LogP contribution in [0.4, 0.5) is 5.95 Å². The van der Waals surface area contributed by atoms with E-state index in [1.165, 1.54) is 0 Å². The molecule has 0 radical (unpaired) electrons. The van der Waals surface area contributed by atoms with Gasteiger partial charge in [-0.3, -0.25) is 0 Å². The number of nitrogens with two attached hydrogens (primary N) is 1. The van der Waals surface area contributed by atoms with Crippen molar-refractivity contribution in [3.05, 3.63) is 4.73 Å². The maximum Gasteiger partial charge on any atom is 0.240 e. The summed E-state index contributed by atoms with van der Waals surface area (Å²) >= 11 is 3.32. The number of aromatic nitrogens is 3. The summed E-state index contributed by atoms with van der Waals surface area (Å²) in [6.45, 7) is 6.48. The monoisotopic (exact) mass is 246 g/mol. The Bertz CT molecular complexity index is 282. The van der Waals surface area contributed by atoms with Crippen LogP contribution < -0.4 is 5.73 Å². The van der Waals surface area contributed by atoms with Gasteiger partial charge in [0.1, 0.15) is 0 Å². The van der Waals surface area contributed by atoms with Gasteiger partial charge in [-0.05, 0) is 35.2 Å². The molecular formula is C8H15BrN4. The molecule has 5 heteroatoms. The van der Waals surface area contributed by atoms with Crippen LogP contribution in [0.15, 0.2) is 4.73 Å². The highest BCUT2D eigenvalue weighted by atomic mass is 79.9. The molecule has 0 aromatic carbocycles. The molecular weight excluding hydrogens is 232 g/mol. The molecule has 0 aliphatic heterocycles. The standard InChI is InChI=1S/C8H15BrN4/c1-5(2)4-6(3)13-7(9)11-8(10)12-13/h5-6H,4H2,1-3H3,(H2,10,12). The highest BCUT2D eigenvalue weighted by molar-refractivity contribution is 9.10. The lowest BCUT2D eigenvalue weighted by Gasteiger charge is -2.14. The van der Waals surface area contributed by atoms with E-state index in [9.17, 15) is 0 Å². The van der Waals surface area contributed by atoms with Crippen molar-refractivity contribution in [3.8, 4) is 0 Å². The second-order valence-corrected chi connectivity index (χ2v) is 4.37. The van der Waals surface area contributed by atoms with Gasteiger partial charge in [0.25, 0.3) is 0 Å². The molecule has 0 amide bonds. The van der Waals surface area contributed by atoms with Gasteiger partial charge in [0.05, 0.1) is 6.04 Å². The lowest BCUT2D eigenvalue weighted by Crippen LogP contribution is -2.10. The molecule has 1 atom stereocenters. The molecule has 0 aliphatic rings. The highest BCUT2D eigenvalue weighted by Gasteiger charge is 2.12. The predicted molar refractivity (Wildman–Crippen MR) is 56.3 cm³/mol. The van der Waals surface area contributed by atoms with Crippen LogP contribution in [-0.2, 0) is 0 Å². The molecule has 1 aromatic rings. The van der Waals surface area contributed by atoms with Crippen molar-refractivity contribution < 1.29 is 0 Å². The first-order chi connectivity index (χ1) is 6.00. The van der Waals surface area contributed by atoms with Crippen LogP contribution in [0.2, 0.25) is 0 Å². The number of nitrogen functional groups attached to an aromatic ring is 1. The molecule has 4 nitrogen and oxygen atoms in total. The molecule has 0 aliphatic carbocycles. The topological polar surface area (TPSA) is 56.7 Å². The number of anilines is 1. The Morgan fingerprint density at radius 1 is 1.46 bits per heavy atom. The van der Waals surface area contributed by atoms with Crippen LogP contribution in [0.3, 0.4) is 0 Å². The van der Waals surface area contributed by atoms with Crippen LogP contribution in [0.1, 0.15) is 33.2 Å². The van der Waals surface area contributed by atoms with Gasteiger partial charge in [-0.2, -0.15) is 4.98 Å². The minimum atomic E-state index is 0.322. The minimum Gasteiger partial charge on any atom is -0.366 e. The van der Waals surface area contributed by atoms with Crippen molar-refractivity contribution in [2.24, 2.45) is 5.92 Å². The number of halogens is 1. The molecule has 0 saturated carbocycles. The van der Waals surface area contributed by atoms with Crippen molar-refractivity contribution in [3.63, 3.8) is 0 Å². The van der Waals surface area contributed by atoms with Gasteiger partial charge in [-0.15, -0.1) is 5.10 Å². The lowest BCUT2D eigenvalue weighted by atomic mass is 10.1. The number of nitrogens with zero attached hydrogens (tertiary/aromatic N) is 3. The Balaban J connectivity index is 2.76. The van der Waals surface area contributed by atoms with E-state index in [1.807, 2.05) is 4.68 Å². The molecule has 0 bridgehead atoms. The Morgan fingerprint density at radius 2 is 2.08 bits per heavy atom. The summed E-state index contributed by atoms with van der Waals surface area (Å²) in [4.78, 5) is 3.99. The molecule has 1 rings (SSSR count). The third kappa shape index (κ3) is 2.69. The van der Waals surface area contributed by atoms with E-state index in [0.29, 0.717) is 22.6 Å². The van der Waals surface area contributed by atoms with Crippen molar-refractivity contribution in [1.82, 2.24) is 14.8 Å². The highest BCUT2D eigenvalue weighted by Crippen LogP contribution is 2.20. The predicted octanol–water partition coefficient (Wildman–Crippen LogP) is 2.23. The summed E-state index contributed by atoms with van der Waals surface area (Å²) in [7, 11) is 0. The van der Waals surface area contributed by atoms with Crippen LogP contribution in [0.5, 0.6) is 0 Å². The Hall–Kier alpha value is -0.580. The molecule has 13 heavy (non-hydrogen) atoms. The van der Waals surface area contributed by atoms with Crippen molar-refractivity contribution in [2.75, 3.05) is 5.73 Å². The molecule has 74 valence electrons. The van der Waals surface area contributed by atoms with Crippen molar-refractivity contribution >= 4 is 21.9 Å². The Labute approximate surface area is 86.7 Å². The Kier molecular flexibility index (Phi) is 3.30. The average molecular weight is 247 g/mol. The zero-order chi connectivity index (χ0) is 10.0. The summed E-state index contributed by atoms with van der Waals surface area (Å²) in [5, 5.41) is 4.10. The van der Waals surface area contributed by atoms with Gasteiger partial charge in [-0.1, -0.05) is 13.8 Å². The SMILES string of the molecule is CC(C)CC(C)n1nc(N)nc1Br. The fourth-order valence-corrected chi connectivity index (χ4v) is 1.99. The summed E-state index contributed by atoms with van der Waals surface area (Å²) in [5.74, 6) is 0.967. The third-order valence-electron chi connectivity index (χ3n) is 1.84. The van der Waals surface area contributed by atoms with Gasteiger partial charge >= 0.3 is 0 Å². The van der Waals surface area contributed by atoms with Gasteiger partial charge in [0, 0.05) is 0 Å². The van der Waals surface area contributed by atoms with E-state index >= 15 is 0 Å². The van der Waals surface area contributed by atoms with E-state index in [4.69, 9.17) is 5.73 Å². The largest absolute Gasteiger partial charge is 0.366 e. The lowest BCUT2D eigenvalue weighted by molar-refractivity contribution is 0.392. The fourth-order valence-electron chi connectivity index (χ4n) is 1.38. The minimum absolute atomic E-state index is 0.322. The van der Waals surface area contributed by atoms with Gasteiger partial charge in [0.2, 0.25) is 5.95 Å². The molecule has 1 heterocycles. The average Bonchev–Trinajstić information content (AvgIpc) is 2.28. The zero-order valence-electron chi connectivity index (χ0n) is 8.16. The maximum absolute atomic E-state index is 5.47. The second-order valence-electron chi connectivity index (χ2n) is 3.66. The maximum atomic E-state index is 5.47. The van der Waals surface area contributed by atoms with E-state index < -0.39 is 0 Å². The normalized spacial score (nSPS) is 13.6. The first-order valence-corrected chi connectivity index (χ1v) is 5.17. The molecule has 0 spiro atoms. The zero-order valence-corrected chi connectivity index (χ0v) is 9.74. The van der Waals surface area contributed by atoms with Crippen LogP contribution in [0.25, 0.3) is 0 Å². The number of hydrogen-bond acceptors (Lipinski definition) is 3. The van der Waals surface area contributed by atoms with E-state index in [0.717, 1.165) is 6.42 Å². The van der Waals surface area contributed by atoms with E-state index in [2.05, 4.69) is 46.8 Å². The summed E-state index contributed by atoms with van der Waals surface area (Å²) in [6, 6.07) is 0.333. The Morgan fingerprint density at radius 3 is 2.46 bits per heavy atom. The summed E-state index contributed by atoms with van der Waals surface area (Å²) in [6.07, 6.45) is 1.07. The number of hydrogen-bond donors (Lipinski definition) is 1. The first-order valence-electron chi connectivity index (χ1n) is 4.38. The van der Waals surface area contributed by atoms with Gasteiger partial charge in [0.15, 0.2) is 4.73 Å². The van der Waals surface area contributed by atoms with Gasteiger partial charge in [-0.25, -0.2) is 4.68 Å². The van der Waals surface area contributed by atoms with E-state index in [-0.39, 0.29) is 0 Å². The smallest absolute Gasteiger partial charge is 0.240 e. The van der Waals surface area contributed by atoms with Crippen LogP contribution in [-0.4, -0.2) is 14.8 Å². The fraction of sp³-hybridized carbons (Fsp3) is 0.750. The van der Waals surface area contributed by atoms with Crippen molar-refractivity contribution in [1.29, 1.82) is 0 Å². The van der Waals surface area contributed by atoms with Crippen LogP contribution >= 0.6 is 15.9 Å². The third-order valence-corrected chi connectivity index (χ3v) is 2.38. The quantitative estimate of drug-likeness (QED) is 0.890. The van der Waals surface area contributed by atoms with Gasteiger partial charge < -0.3 is 5.73 Å². The molecule has 0 fully saturated rings. The first kappa shape index (κ1) is 10.5. The molecule has 0 saturated heterocycles. The second kappa shape index (κ2) is 4.09. The van der Waals surface area contributed by atoms with E-state index in [1.54, 1.807) is 0 Å². The molecule has 2 N–H and O–H groups in total. The number of rotatable bonds is 3. The summed E-state index contributed by atoms with van der Waals surface area (Å²) < 4.78 is 2.52. The molecule has 1 unspecified atom stereocenters. The molecule has 1 aromatic heterocycles. The van der Waals surface area contributed by atoms with Crippen LogP contribution in [0, 0.1) is 5.92 Å². The van der Waals surface area contributed by atoms with Crippen molar-refractivity contribution in [2.45, 2.75) is 33.2 Å².